The van der Waals surface area contributed by atoms with Crippen molar-refractivity contribution >= 4 is 30.6 Å². The summed E-state index contributed by atoms with van der Waals surface area (Å²) in [4.78, 5) is 11.0. The van der Waals surface area contributed by atoms with Gasteiger partial charge in [-0.3, -0.25) is 0 Å². The molecule has 3 rings (SSSR count). The molecule has 1 N–H and O–H groups in total. The fourth-order valence-electron chi connectivity index (χ4n) is 2.18. The largest absolute Gasteiger partial charge is 0.354 e. The van der Waals surface area contributed by atoms with Gasteiger partial charge in [-0.05, 0) is 0 Å². The number of anilines is 1. The number of hydrogen-bond donors (Lipinski definition) is 1. The highest BCUT2D eigenvalue weighted by Crippen LogP contribution is 2.20. The number of halogens is 2. The molecule has 6 heteroatoms. The van der Waals surface area contributed by atoms with Crippen LogP contribution < -0.4 is 10.2 Å². The Labute approximate surface area is 131 Å². The third kappa shape index (κ3) is 3.82. The maximum absolute atomic E-state index is 4.38. The van der Waals surface area contributed by atoms with Crippen LogP contribution in [0, 0.1) is 0 Å². The van der Waals surface area contributed by atoms with E-state index < -0.39 is 0 Å². The number of piperazine rings is 1. The molecule has 20 heavy (non-hydrogen) atoms. The standard InChI is InChI=1S/C14H16N4.2ClH/c1-2-4-12(5-3-1)13-10-14(17-11-16-13)18-8-6-15-7-9-18;;/h1-5,10-11,15H,6-9H2;2*1H. The third-order valence-electron chi connectivity index (χ3n) is 3.16. The Morgan fingerprint density at radius 2 is 1.65 bits per heavy atom. The van der Waals surface area contributed by atoms with Gasteiger partial charge >= 0.3 is 0 Å². The van der Waals surface area contributed by atoms with Gasteiger partial charge in [0.05, 0.1) is 5.69 Å². The predicted octanol–water partition coefficient (Wildman–Crippen LogP) is 2.40. The van der Waals surface area contributed by atoms with Gasteiger partial charge in [-0.2, -0.15) is 0 Å². The summed E-state index contributed by atoms with van der Waals surface area (Å²) in [5, 5.41) is 3.35. The van der Waals surface area contributed by atoms with E-state index in [4.69, 9.17) is 0 Å². The Kier molecular flexibility index (Phi) is 6.71. The third-order valence-corrected chi connectivity index (χ3v) is 3.16. The summed E-state index contributed by atoms with van der Waals surface area (Å²) in [5.41, 5.74) is 2.12. The first-order chi connectivity index (χ1) is 8.93. The zero-order valence-electron chi connectivity index (χ0n) is 11.0. The SMILES string of the molecule is Cl.Cl.c1ccc(-c2cc(N3CCNCC3)ncn2)cc1. The van der Waals surface area contributed by atoms with Crippen LogP contribution >= 0.6 is 24.8 Å². The van der Waals surface area contributed by atoms with Crippen LogP contribution in [-0.2, 0) is 0 Å². The quantitative estimate of drug-likeness (QED) is 0.924. The van der Waals surface area contributed by atoms with E-state index in [1.54, 1.807) is 6.33 Å². The summed E-state index contributed by atoms with van der Waals surface area (Å²) in [7, 11) is 0. The molecule has 0 unspecified atom stereocenters. The van der Waals surface area contributed by atoms with Crippen LogP contribution in [-0.4, -0.2) is 36.1 Å². The molecule has 2 heterocycles. The zero-order valence-corrected chi connectivity index (χ0v) is 12.7. The van der Waals surface area contributed by atoms with Crippen molar-refractivity contribution in [2.75, 3.05) is 31.1 Å². The minimum atomic E-state index is 0. The molecule has 0 amide bonds. The second kappa shape index (κ2) is 8.04. The van der Waals surface area contributed by atoms with Gasteiger partial charge in [0.15, 0.2) is 0 Å². The molecule has 1 aliphatic heterocycles. The van der Waals surface area contributed by atoms with E-state index in [1.807, 2.05) is 18.2 Å². The minimum Gasteiger partial charge on any atom is -0.354 e. The van der Waals surface area contributed by atoms with Gasteiger partial charge in [0, 0.05) is 37.8 Å². The van der Waals surface area contributed by atoms with E-state index in [2.05, 4.69) is 38.4 Å². The fourth-order valence-corrected chi connectivity index (χ4v) is 2.18. The molecule has 1 aromatic heterocycles. The first-order valence-corrected chi connectivity index (χ1v) is 6.26. The van der Waals surface area contributed by atoms with Crippen molar-refractivity contribution in [3.63, 3.8) is 0 Å². The molecule has 2 aromatic rings. The van der Waals surface area contributed by atoms with E-state index in [1.165, 1.54) is 0 Å². The molecule has 4 nitrogen and oxygen atoms in total. The Hall–Kier alpha value is -1.36. The highest BCUT2D eigenvalue weighted by atomic mass is 35.5. The summed E-state index contributed by atoms with van der Waals surface area (Å²) >= 11 is 0. The smallest absolute Gasteiger partial charge is 0.132 e. The molecule has 0 atom stereocenters. The molecule has 1 aromatic carbocycles. The lowest BCUT2D eigenvalue weighted by atomic mass is 10.1. The molecular weight excluding hydrogens is 295 g/mol. The van der Waals surface area contributed by atoms with Gasteiger partial charge in [-0.25, -0.2) is 9.97 Å². The number of nitrogens with one attached hydrogen (secondary N) is 1. The first-order valence-electron chi connectivity index (χ1n) is 6.26. The number of aromatic nitrogens is 2. The van der Waals surface area contributed by atoms with Crippen LogP contribution in [0.15, 0.2) is 42.7 Å². The zero-order chi connectivity index (χ0) is 12.2. The molecule has 108 valence electrons. The molecule has 1 aliphatic rings. The van der Waals surface area contributed by atoms with Gasteiger partial charge in [-0.15, -0.1) is 24.8 Å². The van der Waals surface area contributed by atoms with Gasteiger partial charge in [0.25, 0.3) is 0 Å². The van der Waals surface area contributed by atoms with E-state index in [0.29, 0.717) is 0 Å². The average molecular weight is 313 g/mol. The molecule has 0 aliphatic carbocycles. The molecular formula is C14H18Cl2N4. The second-order valence-corrected chi connectivity index (χ2v) is 4.36. The molecule has 0 saturated carbocycles. The Morgan fingerprint density at radius 3 is 2.35 bits per heavy atom. The van der Waals surface area contributed by atoms with Crippen molar-refractivity contribution in [3.05, 3.63) is 42.7 Å². The van der Waals surface area contributed by atoms with Crippen LogP contribution in [0.5, 0.6) is 0 Å². The predicted molar refractivity (Wildman–Crippen MR) is 87.0 cm³/mol. The van der Waals surface area contributed by atoms with Gasteiger partial charge in [-0.1, -0.05) is 30.3 Å². The summed E-state index contributed by atoms with van der Waals surface area (Å²) < 4.78 is 0. The summed E-state index contributed by atoms with van der Waals surface area (Å²) in [5.74, 6) is 1.02. The van der Waals surface area contributed by atoms with E-state index in [-0.39, 0.29) is 24.8 Å². The van der Waals surface area contributed by atoms with Crippen LogP contribution in [0.25, 0.3) is 11.3 Å². The number of rotatable bonds is 2. The lowest BCUT2D eigenvalue weighted by Gasteiger charge is -2.28. The van der Waals surface area contributed by atoms with Crippen LogP contribution in [0.3, 0.4) is 0 Å². The van der Waals surface area contributed by atoms with Crippen molar-refractivity contribution < 1.29 is 0 Å². The maximum atomic E-state index is 4.38. The van der Waals surface area contributed by atoms with Crippen molar-refractivity contribution in [2.24, 2.45) is 0 Å². The Morgan fingerprint density at radius 1 is 0.950 bits per heavy atom. The highest BCUT2D eigenvalue weighted by Gasteiger charge is 2.12. The topological polar surface area (TPSA) is 41.0 Å². The number of benzene rings is 1. The number of nitrogens with zero attached hydrogens (tertiary/aromatic N) is 3. The summed E-state index contributed by atoms with van der Waals surface area (Å²) in [6.45, 7) is 4.05. The fraction of sp³-hybridized carbons (Fsp3) is 0.286. The van der Waals surface area contributed by atoms with Crippen molar-refractivity contribution in [1.29, 1.82) is 0 Å². The Balaban J connectivity index is 0.000001000. The molecule has 0 bridgehead atoms. The van der Waals surface area contributed by atoms with Crippen LogP contribution in [0.1, 0.15) is 0 Å². The van der Waals surface area contributed by atoms with E-state index >= 15 is 0 Å². The van der Waals surface area contributed by atoms with Gasteiger partial charge in [0.1, 0.15) is 12.1 Å². The first kappa shape index (κ1) is 16.7. The van der Waals surface area contributed by atoms with Crippen molar-refractivity contribution in [3.8, 4) is 11.3 Å². The lowest BCUT2D eigenvalue weighted by molar-refractivity contribution is 0.584. The Bertz CT molecular complexity index is 516. The lowest BCUT2D eigenvalue weighted by Crippen LogP contribution is -2.43. The molecule has 1 fully saturated rings. The van der Waals surface area contributed by atoms with Gasteiger partial charge in [0.2, 0.25) is 0 Å². The van der Waals surface area contributed by atoms with E-state index in [0.717, 1.165) is 43.3 Å². The van der Waals surface area contributed by atoms with Gasteiger partial charge < -0.3 is 10.2 Å². The van der Waals surface area contributed by atoms with Crippen molar-refractivity contribution in [1.82, 2.24) is 15.3 Å². The maximum Gasteiger partial charge on any atom is 0.132 e. The summed E-state index contributed by atoms with van der Waals surface area (Å²) in [6, 6.07) is 12.3. The second-order valence-electron chi connectivity index (χ2n) is 4.36. The van der Waals surface area contributed by atoms with Crippen LogP contribution in [0.2, 0.25) is 0 Å². The minimum absolute atomic E-state index is 0. The average Bonchev–Trinajstić information content (AvgIpc) is 2.49. The molecule has 0 spiro atoms. The van der Waals surface area contributed by atoms with E-state index in [9.17, 15) is 0 Å². The molecule has 1 saturated heterocycles. The van der Waals surface area contributed by atoms with Crippen LogP contribution in [0.4, 0.5) is 5.82 Å². The highest BCUT2D eigenvalue weighted by molar-refractivity contribution is 5.85. The van der Waals surface area contributed by atoms with Crippen molar-refractivity contribution in [2.45, 2.75) is 0 Å². The number of hydrogen-bond acceptors (Lipinski definition) is 4. The summed E-state index contributed by atoms with van der Waals surface area (Å²) in [6.07, 6.45) is 1.65. The normalized spacial score (nSPS) is 14.1. The molecule has 0 radical (unpaired) electrons. The monoisotopic (exact) mass is 312 g/mol.